The van der Waals surface area contributed by atoms with Crippen LogP contribution in [0.2, 0.25) is 0 Å². The fourth-order valence-electron chi connectivity index (χ4n) is 5.11. The van der Waals surface area contributed by atoms with Gasteiger partial charge in [0, 0.05) is 25.6 Å². The number of nitrogens with one attached hydrogen (secondary N) is 2. The SMILES string of the molecule is CC(CCCNC(=O)C(CN(C)Cc1ccccc1)NC(=O)OCC1c2ccccc2-c2ccccc21)C(=O)O. The van der Waals surface area contributed by atoms with E-state index in [1.165, 1.54) is 0 Å². The molecule has 2 unspecified atom stereocenters. The summed E-state index contributed by atoms with van der Waals surface area (Å²) >= 11 is 0. The van der Waals surface area contributed by atoms with Crippen LogP contribution in [0.4, 0.5) is 4.79 Å². The first kappa shape index (κ1) is 28.8. The summed E-state index contributed by atoms with van der Waals surface area (Å²) in [6, 6.07) is 25.3. The lowest BCUT2D eigenvalue weighted by molar-refractivity contribution is -0.141. The molecule has 1 aliphatic rings. The largest absolute Gasteiger partial charge is 0.481 e. The number of rotatable bonds is 13. The molecule has 3 aromatic rings. The van der Waals surface area contributed by atoms with E-state index in [2.05, 4.69) is 34.9 Å². The first-order chi connectivity index (χ1) is 19.3. The number of hydrogen-bond acceptors (Lipinski definition) is 5. The smallest absolute Gasteiger partial charge is 0.407 e. The van der Waals surface area contributed by atoms with E-state index in [0.29, 0.717) is 25.9 Å². The zero-order chi connectivity index (χ0) is 28.5. The highest BCUT2D eigenvalue weighted by Gasteiger charge is 2.30. The third-order valence-electron chi connectivity index (χ3n) is 7.28. The number of alkyl carbamates (subject to hydrolysis) is 1. The van der Waals surface area contributed by atoms with Gasteiger partial charge in [0.1, 0.15) is 12.6 Å². The Morgan fingerprint density at radius 3 is 2.15 bits per heavy atom. The lowest BCUT2D eigenvalue weighted by Crippen LogP contribution is -2.52. The Balaban J connectivity index is 1.38. The van der Waals surface area contributed by atoms with Crippen molar-refractivity contribution in [2.75, 3.05) is 26.7 Å². The number of aliphatic carboxylic acids is 1. The standard InChI is InChI=1S/C32H37N3O5/c1-22(31(37)38)11-10-18-33-30(36)29(20-35(2)19-23-12-4-3-5-13-23)34-32(39)40-21-28-26-16-8-6-14-24(26)25-15-7-9-17-27(25)28/h3-9,12-17,22,28-29H,10-11,18-21H2,1-2H3,(H,33,36)(H,34,39)(H,37,38). The number of hydrogen-bond donors (Lipinski definition) is 3. The van der Waals surface area contributed by atoms with E-state index in [1.54, 1.807) is 6.92 Å². The van der Waals surface area contributed by atoms with Crippen molar-refractivity contribution in [2.24, 2.45) is 5.92 Å². The molecule has 1 aliphatic carbocycles. The second-order valence-electron chi connectivity index (χ2n) is 10.4. The second-order valence-corrected chi connectivity index (χ2v) is 10.4. The predicted molar refractivity (Wildman–Crippen MR) is 154 cm³/mol. The van der Waals surface area contributed by atoms with Crippen molar-refractivity contribution in [1.82, 2.24) is 15.5 Å². The van der Waals surface area contributed by atoms with Crippen LogP contribution in [0, 0.1) is 5.92 Å². The summed E-state index contributed by atoms with van der Waals surface area (Å²) in [5, 5.41) is 14.7. The van der Waals surface area contributed by atoms with Gasteiger partial charge in [0.2, 0.25) is 5.91 Å². The molecule has 0 heterocycles. The molecule has 210 valence electrons. The van der Waals surface area contributed by atoms with E-state index in [0.717, 1.165) is 27.8 Å². The molecule has 4 rings (SSSR count). The number of fused-ring (bicyclic) bond motifs is 3. The fourth-order valence-corrected chi connectivity index (χ4v) is 5.11. The van der Waals surface area contributed by atoms with Crippen LogP contribution >= 0.6 is 0 Å². The first-order valence-electron chi connectivity index (χ1n) is 13.7. The lowest BCUT2D eigenvalue weighted by atomic mass is 9.98. The number of ether oxygens (including phenoxy) is 1. The maximum absolute atomic E-state index is 13.1. The van der Waals surface area contributed by atoms with Crippen molar-refractivity contribution in [3.05, 3.63) is 95.6 Å². The maximum Gasteiger partial charge on any atom is 0.407 e. The average Bonchev–Trinajstić information content (AvgIpc) is 3.27. The Morgan fingerprint density at radius 1 is 0.925 bits per heavy atom. The summed E-state index contributed by atoms with van der Waals surface area (Å²) in [7, 11) is 1.89. The zero-order valence-corrected chi connectivity index (χ0v) is 23.0. The van der Waals surface area contributed by atoms with Crippen LogP contribution in [0.1, 0.15) is 42.4 Å². The molecular formula is C32H37N3O5. The minimum absolute atomic E-state index is 0.0811. The summed E-state index contributed by atoms with van der Waals surface area (Å²) < 4.78 is 5.69. The normalized spacial score (nSPS) is 13.7. The topological polar surface area (TPSA) is 108 Å². The molecule has 0 saturated carbocycles. The zero-order valence-electron chi connectivity index (χ0n) is 23.0. The third-order valence-corrected chi connectivity index (χ3v) is 7.28. The maximum atomic E-state index is 13.1. The van der Waals surface area contributed by atoms with Crippen LogP contribution in [0.3, 0.4) is 0 Å². The van der Waals surface area contributed by atoms with Gasteiger partial charge in [-0.1, -0.05) is 85.8 Å². The van der Waals surface area contributed by atoms with Gasteiger partial charge >= 0.3 is 12.1 Å². The molecule has 8 heteroatoms. The molecule has 3 N–H and O–H groups in total. The van der Waals surface area contributed by atoms with Crippen LogP contribution in [0.25, 0.3) is 11.1 Å². The summed E-state index contributed by atoms with van der Waals surface area (Å²) in [6.45, 7) is 3.00. The minimum Gasteiger partial charge on any atom is -0.481 e. The summed E-state index contributed by atoms with van der Waals surface area (Å²) in [5.74, 6) is -1.76. The van der Waals surface area contributed by atoms with Crippen molar-refractivity contribution >= 4 is 18.0 Å². The molecular weight excluding hydrogens is 506 g/mol. The van der Waals surface area contributed by atoms with Gasteiger partial charge in [-0.25, -0.2) is 4.79 Å². The quantitative estimate of drug-likeness (QED) is 0.271. The van der Waals surface area contributed by atoms with Crippen LogP contribution < -0.4 is 10.6 Å². The molecule has 2 amide bonds. The highest BCUT2D eigenvalue weighted by atomic mass is 16.5. The van der Waals surface area contributed by atoms with Crippen LogP contribution in [-0.4, -0.2) is 60.8 Å². The van der Waals surface area contributed by atoms with Gasteiger partial charge < -0.3 is 20.5 Å². The van der Waals surface area contributed by atoms with Crippen molar-refractivity contribution in [2.45, 2.75) is 38.3 Å². The molecule has 0 fully saturated rings. The average molecular weight is 544 g/mol. The van der Waals surface area contributed by atoms with Gasteiger partial charge in [0.15, 0.2) is 0 Å². The Hall–Kier alpha value is -4.17. The molecule has 0 aliphatic heterocycles. The molecule has 0 aromatic heterocycles. The minimum atomic E-state index is -0.858. The van der Waals surface area contributed by atoms with E-state index in [9.17, 15) is 14.4 Å². The lowest BCUT2D eigenvalue weighted by Gasteiger charge is -2.25. The second kappa shape index (κ2) is 13.8. The monoisotopic (exact) mass is 543 g/mol. The van der Waals surface area contributed by atoms with Crippen molar-refractivity contribution in [1.29, 1.82) is 0 Å². The molecule has 0 saturated heterocycles. The summed E-state index contributed by atoms with van der Waals surface area (Å²) in [6.07, 6.45) is 0.319. The van der Waals surface area contributed by atoms with Gasteiger partial charge in [0.05, 0.1) is 5.92 Å². The number of carbonyl (C=O) groups excluding carboxylic acids is 2. The molecule has 3 aromatic carbocycles. The van der Waals surface area contributed by atoms with E-state index in [-0.39, 0.29) is 25.0 Å². The van der Waals surface area contributed by atoms with E-state index < -0.39 is 24.0 Å². The molecule has 2 atom stereocenters. The summed E-state index contributed by atoms with van der Waals surface area (Å²) in [5.41, 5.74) is 5.61. The van der Waals surface area contributed by atoms with Gasteiger partial charge in [-0.05, 0) is 47.7 Å². The Morgan fingerprint density at radius 2 is 1.52 bits per heavy atom. The highest BCUT2D eigenvalue weighted by Crippen LogP contribution is 2.44. The Labute approximate surface area is 235 Å². The van der Waals surface area contributed by atoms with Crippen molar-refractivity contribution in [3.8, 4) is 11.1 Å². The molecule has 8 nitrogen and oxygen atoms in total. The van der Waals surface area contributed by atoms with E-state index >= 15 is 0 Å². The number of carboxylic acid groups (broad SMARTS) is 1. The fraction of sp³-hybridized carbons (Fsp3) is 0.344. The number of benzene rings is 3. The number of carboxylic acids is 1. The van der Waals surface area contributed by atoms with Crippen molar-refractivity contribution in [3.63, 3.8) is 0 Å². The Bertz CT molecular complexity index is 1270. The van der Waals surface area contributed by atoms with Crippen molar-refractivity contribution < 1.29 is 24.2 Å². The van der Waals surface area contributed by atoms with Gasteiger partial charge in [0.25, 0.3) is 0 Å². The molecule has 40 heavy (non-hydrogen) atoms. The Kier molecular flexibility index (Phi) is 9.91. The van der Waals surface area contributed by atoms with Gasteiger partial charge in [-0.15, -0.1) is 0 Å². The third kappa shape index (κ3) is 7.48. The first-order valence-corrected chi connectivity index (χ1v) is 13.7. The van der Waals surface area contributed by atoms with E-state index in [1.807, 2.05) is 66.5 Å². The van der Waals surface area contributed by atoms with E-state index in [4.69, 9.17) is 9.84 Å². The highest BCUT2D eigenvalue weighted by molar-refractivity contribution is 5.86. The number of carbonyl (C=O) groups is 3. The number of likely N-dealkylation sites (N-methyl/N-ethyl adjacent to an activating group) is 1. The van der Waals surface area contributed by atoms with Gasteiger partial charge in [-0.3, -0.25) is 14.5 Å². The van der Waals surface area contributed by atoms with Crippen LogP contribution in [-0.2, 0) is 20.9 Å². The van der Waals surface area contributed by atoms with Gasteiger partial charge in [-0.2, -0.15) is 0 Å². The summed E-state index contributed by atoms with van der Waals surface area (Å²) in [4.78, 5) is 39.1. The predicted octanol–water partition coefficient (Wildman–Crippen LogP) is 4.64. The molecule has 0 spiro atoms. The molecule has 0 radical (unpaired) electrons. The van der Waals surface area contributed by atoms with Crippen LogP contribution in [0.15, 0.2) is 78.9 Å². The number of amides is 2. The van der Waals surface area contributed by atoms with Crippen LogP contribution in [0.5, 0.6) is 0 Å². The number of nitrogens with zero attached hydrogens (tertiary/aromatic N) is 1. The molecule has 0 bridgehead atoms.